The second-order valence-electron chi connectivity index (χ2n) is 10.3. The Hall–Kier alpha value is -2.79. The number of hydrogen-bond acceptors (Lipinski definition) is 3. The highest BCUT2D eigenvalue weighted by molar-refractivity contribution is 5.85. The number of hydrogen-bond donors (Lipinski definition) is 2. The Morgan fingerprint density at radius 1 is 1.11 bits per heavy atom. The summed E-state index contributed by atoms with van der Waals surface area (Å²) in [7, 11) is 0. The molecule has 3 aromatic rings. The molecule has 186 valence electrons. The van der Waals surface area contributed by atoms with Crippen LogP contribution in [0.25, 0.3) is 10.9 Å². The predicted octanol–water partition coefficient (Wildman–Crippen LogP) is 6.66. The van der Waals surface area contributed by atoms with Crippen molar-refractivity contribution in [1.82, 2.24) is 14.8 Å². The Kier molecular flexibility index (Phi) is 6.88. The van der Waals surface area contributed by atoms with Gasteiger partial charge in [0.1, 0.15) is 6.17 Å². The summed E-state index contributed by atoms with van der Waals surface area (Å²) in [5.41, 5.74) is 7.26. The molecule has 0 radical (unpaired) electrons. The van der Waals surface area contributed by atoms with E-state index in [1.807, 2.05) is 0 Å². The van der Waals surface area contributed by atoms with E-state index in [0.717, 1.165) is 50.2 Å². The number of allylic oxidation sites excluding steroid dienone is 1. The summed E-state index contributed by atoms with van der Waals surface area (Å²) in [5.74, 6) is 0. The molecular weight excluding hydrogens is 435 g/mol. The zero-order valence-electron chi connectivity index (χ0n) is 21.4. The molecule has 0 amide bonds. The van der Waals surface area contributed by atoms with Crippen LogP contribution in [0.3, 0.4) is 0 Å². The first kappa shape index (κ1) is 23.9. The number of aromatic amines is 1. The van der Waals surface area contributed by atoms with Crippen molar-refractivity contribution in [2.75, 3.05) is 25.0 Å². The van der Waals surface area contributed by atoms with Crippen molar-refractivity contribution in [1.29, 1.82) is 0 Å². The number of unbranched alkanes of at least 4 members (excludes halogenated alkanes) is 1. The number of nitrogens with zero attached hydrogens (tertiary/aromatic N) is 2. The number of H-pyrrole nitrogens is 1. The van der Waals surface area contributed by atoms with Crippen molar-refractivity contribution in [3.05, 3.63) is 77.6 Å². The Morgan fingerprint density at radius 2 is 1.89 bits per heavy atom. The van der Waals surface area contributed by atoms with Crippen LogP contribution in [0.1, 0.15) is 62.9 Å². The van der Waals surface area contributed by atoms with Crippen LogP contribution in [-0.2, 0) is 6.42 Å². The second kappa shape index (κ2) is 10.1. The number of nitrogens with one attached hydrogen (secondary N) is 2. The predicted molar refractivity (Wildman–Crippen MR) is 145 cm³/mol. The lowest BCUT2D eigenvalue weighted by atomic mass is 9.88. The smallest absolute Gasteiger partial charge is 0.134 e. The number of likely N-dealkylation sites (tertiary alicyclic amines) is 1. The van der Waals surface area contributed by atoms with E-state index in [-0.39, 0.29) is 12.1 Å². The van der Waals surface area contributed by atoms with Gasteiger partial charge in [-0.25, -0.2) is 4.39 Å². The van der Waals surface area contributed by atoms with Crippen molar-refractivity contribution in [3.63, 3.8) is 0 Å². The Labute approximate surface area is 209 Å². The van der Waals surface area contributed by atoms with Crippen LogP contribution in [0.2, 0.25) is 0 Å². The lowest BCUT2D eigenvalue weighted by molar-refractivity contribution is 0.196. The van der Waals surface area contributed by atoms with Gasteiger partial charge in [0, 0.05) is 47.1 Å². The van der Waals surface area contributed by atoms with Crippen LogP contribution >= 0.6 is 0 Å². The first-order chi connectivity index (χ1) is 17.0. The van der Waals surface area contributed by atoms with Gasteiger partial charge >= 0.3 is 0 Å². The highest BCUT2D eigenvalue weighted by Crippen LogP contribution is 2.43. The van der Waals surface area contributed by atoms with Gasteiger partial charge < -0.3 is 15.2 Å². The molecule has 1 fully saturated rings. The van der Waals surface area contributed by atoms with Crippen LogP contribution in [0, 0.1) is 0 Å². The van der Waals surface area contributed by atoms with Crippen LogP contribution < -0.4 is 5.32 Å². The maximum absolute atomic E-state index is 14.7. The minimum absolute atomic E-state index is 0.0904. The molecule has 2 N–H and O–H groups in total. The first-order valence-corrected chi connectivity index (χ1v) is 13.3. The van der Waals surface area contributed by atoms with E-state index in [4.69, 9.17) is 0 Å². The number of alkyl halides is 1. The summed E-state index contributed by atoms with van der Waals surface area (Å²) < 4.78 is 14.7. The molecule has 1 saturated heterocycles. The van der Waals surface area contributed by atoms with E-state index in [2.05, 4.69) is 96.0 Å². The van der Waals surface area contributed by atoms with Gasteiger partial charge in [0.25, 0.3) is 0 Å². The maximum Gasteiger partial charge on any atom is 0.134 e. The fourth-order valence-electron chi connectivity index (χ4n) is 5.98. The summed E-state index contributed by atoms with van der Waals surface area (Å²) >= 11 is 0. The number of rotatable bonds is 8. The van der Waals surface area contributed by atoms with Crippen LogP contribution in [0.4, 0.5) is 10.1 Å². The molecule has 1 aromatic heterocycles. The average Bonchev–Trinajstić information content (AvgIpc) is 3.41. The fraction of sp³-hybridized carbons (Fsp3) is 0.467. The normalized spacial score (nSPS) is 24.6. The molecular formula is C30H39FN4. The van der Waals surface area contributed by atoms with Gasteiger partial charge in [-0.2, -0.15) is 0 Å². The Morgan fingerprint density at radius 3 is 2.63 bits per heavy atom. The molecule has 4 atom stereocenters. The largest absolute Gasteiger partial charge is 0.378 e. The lowest BCUT2D eigenvalue weighted by Crippen LogP contribution is -2.41. The summed E-state index contributed by atoms with van der Waals surface area (Å²) in [6.45, 7) is 13.4. The zero-order chi connectivity index (χ0) is 24.5. The highest BCUT2D eigenvalue weighted by Gasteiger charge is 2.36. The number of halogens is 1. The molecule has 0 saturated carbocycles. The van der Waals surface area contributed by atoms with E-state index in [1.54, 1.807) is 0 Å². The molecule has 3 heterocycles. The molecule has 0 spiro atoms. The summed E-state index contributed by atoms with van der Waals surface area (Å²) in [6, 6.07) is 17.5. The van der Waals surface area contributed by atoms with E-state index < -0.39 is 6.17 Å². The molecule has 0 bridgehead atoms. The molecule has 5 heteroatoms. The molecule has 2 aliphatic heterocycles. The van der Waals surface area contributed by atoms with E-state index in [1.165, 1.54) is 27.7 Å². The van der Waals surface area contributed by atoms with Crippen LogP contribution in [-0.4, -0.2) is 52.7 Å². The summed E-state index contributed by atoms with van der Waals surface area (Å²) in [6.07, 6.45) is 3.37. The van der Waals surface area contributed by atoms with Gasteiger partial charge in [-0.05, 0) is 62.1 Å². The van der Waals surface area contributed by atoms with E-state index in [0.29, 0.717) is 12.6 Å². The average molecular weight is 475 g/mol. The Bertz CT molecular complexity index is 1170. The molecule has 4 nitrogen and oxygen atoms in total. The van der Waals surface area contributed by atoms with Crippen LogP contribution in [0.5, 0.6) is 0 Å². The van der Waals surface area contributed by atoms with Crippen LogP contribution in [0.15, 0.2) is 60.8 Å². The van der Waals surface area contributed by atoms with Crippen molar-refractivity contribution >= 4 is 16.6 Å². The monoisotopic (exact) mass is 474 g/mol. The van der Waals surface area contributed by atoms with Gasteiger partial charge in [0.15, 0.2) is 0 Å². The van der Waals surface area contributed by atoms with E-state index >= 15 is 0 Å². The molecule has 2 unspecified atom stereocenters. The summed E-state index contributed by atoms with van der Waals surface area (Å²) in [4.78, 5) is 8.47. The standard InChI is InChI=1S/C30H39FN4/c1-5-7-16-34-18-26(31)28(19-34)32-23-14-12-22(13-15-23)30-29-25(17-21(4)35(30)20(3)6-2)24-10-8-9-11-27(24)33-29/h8-15,21,26,28,30,32-33H,3,5-7,16-19H2,1-2,4H3/t21-,26-,28?,30?/m1/s1. The first-order valence-electron chi connectivity index (χ1n) is 13.3. The molecule has 2 aliphatic rings. The minimum Gasteiger partial charge on any atom is -0.378 e. The van der Waals surface area contributed by atoms with Gasteiger partial charge in [-0.15, -0.1) is 0 Å². The molecule has 2 aromatic carbocycles. The van der Waals surface area contributed by atoms with Gasteiger partial charge in [-0.1, -0.05) is 57.2 Å². The molecule has 5 rings (SSSR count). The number of aromatic nitrogens is 1. The summed E-state index contributed by atoms with van der Waals surface area (Å²) in [5, 5.41) is 4.79. The van der Waals surface area contributed by atoms with Crippen molar-refractivity contribution in [2.45, 2.75) is 70.8 Å². The quantitative estimate of drug-likeness (QED) is 0.383. The Balaban J connectivity index is 1.42. The van der Waals surface area contributed by atoms with Crippen molar-refractivity contribution in [3.8, 4) is 0 Å². The van der Waals surface area contributed by atoms with Crippen molar-refractivity contribution in [2.24, 2.45) is 0 Å². The number of anilines is 1. The fourth-order valence-corrected chi connectivity index (χ4v) is 5.98. The molecule has 0 aliphatic carbocycles. The maximum atomic E-state index is 14.7. The van der Waals surface area contributed by atoms with Gasteiger partial charge in [-0.3, -0.25) is 4.90 Å². The minimum atomic E-state index is -0.831. The third-order valence-corrected chi connectivity index (χ3v) is 7.88. The SMILES string of the molecule is C=C(CC)N1C(c2ccc(NC3CN(CCCC)C[C@H]3F)cc2)c2[nH]c3ccccc3c2C[C@H]1C. The topological polar surface area (TPSA) is 34.3 Å². The van der Waals surface area contributed by atoms with Gasteiger partial charge in [0.05, 0.1) is 12.1 Å². The zero-order valence-corrected chi connectivity index (χ0v) is 21.4. The number of fused-ring (bicyclic) bond motifs is 3. The second-order valence-corrected chi connectivity index (χ2v) is 10.3. The molecule has 35 heavy (non-hydrogen) atoms. The third kappa shape index (κ3) is 4.58. The highest BCUT2D eigenvalue weighted by atomic mass is 19.1. The van der Waals surface area contributed by atoms with Gasteiger partial charge in [0.2, 0.25) is 0 Å². The third-order valence-electron chi connectivity index (χ3n) is 7.88. The lowest BCUT2D eigenvalue weighted by Gasteiger charge is -2.43. The van der Waals surface area contributed by atoms with Crippen molar-refractivity contribution < 1.29 is 4.39 Å². The van der Waals surface area contributed by atoms with E-state index in [9.17, 15) is 4.39 Å². The number of benzene rings is 2. The number of para-hydroxylation sites is 1.